The number of hydrazine groups is 1. The molecule has 1 aliphatic heterocycles. The summed E-state index contributed by atoms with van der Waals surface area (Å²) in [6.07, 6.45) is 0. The number of nitrogens with zero attached hydrogens (tertiary/aromatic N) is 2. The van der Waals surface area contributed by atoms with Gasteiger partial charge in [0.05, 0.1) is 16.3 Å². The zero-order valence-electron chi connectivity index (χ0n) is 15.4. The summed E-state index contributed by atoms with van der Waals surface area (Å²) in [4.78, 5) is 24.4. The van der Waals surface area contributed by atoms with Gasteiger partial charge < -0.3 is 5.32 Å². The summed E-state index contributed by atoms with van der Waals surface area (Å²) in [6, 6.07) is 19.2. The Morgan fingerprint density at radius 1 is 0.900 bits per heavy atom. The second-order valence-electron chi connectivity index (χ2n) is 6.34. The van der Waals surface area contributed by atoms with Crippen LogP contribution in [0.2, 0.25) is 0 Å². The van der Waals surface area contributed by atoms with Crippen LogP contribution in [0.3, 0.4) is 0 Å². The van der Waals surface area contributed by atoms with Crippen molar-refractivity contribution in [2.24, 2.45) is 0 Å². The van der Waals surface area contributed by atoms with E-state index >= 15 is 0 Å². The molecular weight excluding hydrogens is 408 g/mol. The third-order valence-electron chi connectivity index (χ3n) is 4.40. The lowest BCUT2D eigenvalue weighted by Crippen LogP contribution is -2.51. The Morgan fingerprint density at radius 2 is 1.53 bits per heavy atom. The van der Waals surface area contributed by atoms with Gasteiger partial charge in [0.15, 0.2) is 0 Å². The Hall–Kier alpha value is -3.89. The van der Waals surface area contributed by atoms with Crippen LogP contribution in [0, 0.1) is 0 Å². The summed E-state index contributed by atoms with van der Waals surface area (Å²) in [7, 11) is -4.13. The predicted octanol–water partition coefficient (Wildman–Crippen LogP) is 2.97. The van der Waals surface area contributed by atoms with Gasteiger partial charge in [-0.2, -0.15) is 10.2 Å². The molecule has 0 saturated carbocycles. The van der Waals surface area contributed by atoms with Gasteiger partial charge >= 0.3 is 6.03 Å². The maximum Gasteiger partial charge on any atom is 0.347 e. The van der Waals surface area contributed by atoms with Gasteiger partial charge in [-0.3, -0.25) is 10.0 Å². The number of amides is 3. The molecular formula is C20H16N4O5S. The van der Waals surface area contributed by atoms with Crippen molar-refractivity contribution in [2.75, 3.05) is 15.5 Å². The van der Waals surface area contributed by atoms with Crippen LogP contribution in [-0.2, 0) is 10.0 Å². The number of urea groups is 1. The topological polar surface area (TPSA) is 119 Å². The maximum absolute atomic E-state index is 12.5. The first-order valence-electron chi connectivity index (χ1n) is 8.78. The minimum absolute atomic E-state index is 0.169. The minimum atomic E-state index is -4.13. The molecule has 0 aromatic heterocycles. The average molecular weight is 424 g/mol. The van der Waals surface area contributed by atoms with Crippen LogP contribution in [0.1, 0.15) is 10.4 Å². The number of anilines is 3. The Morgan fingerprint density at radius 3 is 2.23 bits per heavy atom. The van der Waals surface area contributed by atoms with Gasteiger partial charge in [0.1, 0.15) is 5.69 Å². The first kappa shape index (κ1) is 19.4. The van der Waals surface area contributed by atoms with E-state index in [1.165, 1.54) is 36.4 Å². The summed E-state index contributed by atoms with van der Waals surface area (Å²) < 4.78 is 27.0. The number of benzene rings is 3. The van der Waals surface area contributed by atoms with E-state index < -0.39 is 22.0 Å². The number of carbonyl (C=O) groups excluding carboxylic acids is 2. The van der Waals surface area contributed by atoms with Gasteiger partial charge in [0.25, 0.3) is 15.9 Å². The third-order valence-corrected chi connectivity index (χ3v) is 5.74. The summed E-state index contributed by atoms with van der Waals surface area (Å²) in [5.41, 5.74) is 1.21. The quantitative estimate of drug-likeness (QED) is 0.592. The van der Waals surface area contributed by atoms with E-state index in [0.717, 1.165) is 5.01 Å². The lowest BCUT2D eigenvalue weighted by atomic mass is 10.2. The smallest absolute Gasteiger partial charge is 0.304 e. The number of fused-ring (bicyclic) bond motifs is 1. The maximum atomic E-state index is 12.5. The molecule has 0 saturated heterocycles. The molecule has 10 heteroatoms. The molecule has 3 aromatic carbocycles. The van der Waals surface area contributed by atoms with E-state index in [9.17, 15) is 23.2 Å². The van der Waals surface area contributed by atoms with E-state index in [2.05, 4.69) is 5.32 Å². The normalized spacial score (nSPS) is 13.4. The highest BCUT2D eigenvalue weighted by molar-refractivity contribution is 7.90. The van der Waals surface area contributed by atoms with Gasteiger partial charge in [-0.25, -0.2) is 17.9 Å². The SMILES string of the molecule is O=C(NS(=O)(=O)c1ccc(N2C(=O)Nc3ccccc3N2O)cc1)c1ccccc1. The Labute approximate surface area is 172 Å². The highest BCUT2D eigenvalue weighted by Gasteiger charge is 2.30. The fourth-order valence-corrected chi connectivity index (χ4v) is 3.91. The summed E-state index contributed by atoms with van der Waals surface area (Å²) >= 11 is 0. The number of hydrogen-bond acceptors (Lipinski definition) is 6. The summed E-state index contributed by atoms with van der Waals surface area (Å²) in [5, 5.41) is 14.7. The molecule has 152 valence electrons. The van der Waals surface area contributed by atoms with Crippen LogP contribution >= 0.6 is 0 Å². The molecule has 0 aliphatic carbocycles. The van der Waals surface area contributed by atoms with Crippen molar-refractivity contribution >= 4 is 39.0 Å². The highest BCUT2D eigenvalue weighted by atomic mass is 32.2. The Kier molecular flexibility index (Phi) is 4.86. The molecule has 3 N–H and O–H groups in total. The van der Waals surface area contributed by atoms with Gasteiger partial charge in [-0.1, -0.05) is 30.3 Å². The van der Waals surface area contributed by atoms with Crippen LogP contribution in [0.25, 0.3) is 0 Å². The van der Waals surface area contributed by atoms with Crippen LogP contribution < -0.4 is 20.2 Å². The van der Waals surface area contributed by atoms with Gasteiger partial charge in [0.2, 0.25) is 0 Å². The molecule has 30 heavy (non-hydrogen) atoms. The van der Waals surface area contributed by atoms with Crippen molar-refractivity contribution in [2.45, 2.75) is 4.90 Å². The standard InChI is InChI=1S/C20H16N4O5S/c25-19(14-6-2-1-3-7-14)22-30(28,29)16-12-10-15(11-13-16)23-20(26)21-17-8-4-5-9-18(17)24(23)27/h1-13,27H,(H,21,26)(H,22,25). The Balaban J connectivity index is 1.57. The van der Waals surface area contributed by atoms with Crippen LogP contribution in [-0.4, -0.2) is 25.6 Å². The van der Waals surface area contributed by atoms with E-state index in [-0.39, 0.29) is 16.1 Å². The summed E-state index contributed by atoms with van der Waals surface area (Å²) in [5.74, 6) is -0.756. The Bertz CT molecular complexity index is 1210. The fourth-order valence-electron chi connectivity index (χ4n) is 2.94. The molecule has 0 bridgehead atoms. The van der Waals surface area contributed by atoms with Crippen LogP contribution in [0.5, 0.6) is 0 Å². The predicted molar refractivity (Wildman–Crippen MR) is 110 cm³/mol. The first-order chi connectivity index (χ1) is 14.4. The van der Waals surface area contributed by atoms with Crippen LogP contribution in [0.15, 0.2) is 83.8 Å². The van der Waals surface area contributed by atoms with Crippen molar-refractivity contribution in [3.05, 3.63) is 84.4 Å². The molecule has 3 aromatic rings. The van der Waals surface area contributed by atoms with E-state index in [1.54, 1.807) is 42.5 Å². The van der Waals surface area contributed by atoms with Crippen molar-refractivity contribution in [3.8, 4) is 0 Å². The molecule has 0 spiro atoms. The second kappa shape index (κ2) is 7.50. The van der Waals surface area contributed by atoms with Gasteiger partial charge in [-0.05, 0) is 48.5 Å². The number of para-hydroxylation sites is 2. The molecule has 3 amide bonds. The van der Waals surface area contributed by atoms with E-state index in [0.29, 0.717) is 16.5 Å². The lowest BCUT2D eigenvalue weighted by molar-refractivity contribution is 0.0981. The average Bonchev–Trinajstić information content (AvgIpc) is 2.74. The molecule has 4 rings (SSSR count). The second-order valence-corrected chi connectivity index (χ2v) is 8.03. The van der Waals surface area contributed by atoms with Crippen LogP contribution in [0.4, 0.5) is 21.9 Å². The van der Waals surface area contributed by atoms with E-state index in [1.807, 2.05) is 4.72 Å². The molecule has 0 fully saturated rings. The highest BCUT2D eigenvalue weighted by Crippen LogP contribution is 2.33. The van der Waals surface area contributed by atoms with Gasteiger partial charge in [0, 0.05) is 5.56 Å². The fraction of sp³-hybridized carbons (Fsp3) is 0. The summed E-state index contributed by atoms with van der Waals surface area (Å²) in [6.45, 7) is 0. The largest absolute Gasteiger partial charge is 0.347 e. The van der Waals surface area contributed by atoms with Crippen molar-refractivity contribution in [1.29, 1.82) is 0 Å². The lowest BCUT2D eigenvalue weighted by Gasteiger charge is -2.36. The number of hydrogen-bond donors (Lipinski definition) is 3. The number of sulfonamides is 1. The van der Waals surface area contributed by atoms with Gasteiger partial charge in [-0.15, -0.1) is 0 Å². The third kappa shape index (κ3) is 3.56. The molecule has 0 unspecified atom stereocenters. The van der Waals surface area contributed by atoms with Crippen molar-refractivity contribution in [3.63, 3.8) is 0 Å². The van der Waals surface area contributed by atoms with Crippen molar-refractivity contribution in [1.82, 2.24) is 4.72 Å². The van der Waals surface area contributed by atoms with E-state index in [4.69, 9.17) is 0 Å². The molecule has 0 radical (unpaired) electrons. The molecule has 1 aliphatic rings. The zero-order valence-corrected chi connectivity index (χ0v) is 16.2. The number of rotatable bonds is 4. The molecule has 1 heterocycles. The first-order valence-corrected chi connectivity index (χ1v) is 10.3. The number of carbonyl (C=O) groups is 2. The minimum Gasteiger partial charge on any atom is -0.304 e. The molecule has 0 atom stereocenters. The monoisotopic (exact) mass is 424 g/mol. The zero-order chi connectivity index (χ0) is 21.3. The molecule has 9 nitrogen and oxygen atoms in total. The van der Waals surface area contributed by atoms with Crippen molar-refractivity contribution < 1.29 is 23.2 Å². The number of nitrogens with one attached hydrogen (secondary N) is 2.